The summed E-state index contributed by atoms with van der Waals surface area (Å²) in [5.41, 5.74) is 8.41. The lowest BCUT2D eigenvalue weighted by molar-refractivity contribution is 0.155. The van der Waals surface area contributed by atoms with E-state index in [0.717, 1.165) is 38.0 Å². The molecular formula is C31H36F2N4O2. The number of nitrogens with one attached hydrogen (secondary N) is 1. The van der Waals surface area contributed by atoms with E-state index < -0.39 is 6.09 Å². The minimum atomic E-state index is -0.605. The third-order valence-electron chi connectivity index (χ3n) is 6.18. The standard InChI is InChI=1S/C19H19FN2O2.C11H13FN2.CH4/c20-17-13-16(9-10-18(17)22-11-5-2-6-12-22)21-19(23)24-14-15-7-3-1-4-8-15;12-10-8-9(13)4-5-11(10)14-6-2-1-3-7-14;/h1-5,7-10,13H,6,11-12,14H2,(H,21,23);1-2,4-5,8H,3,6-7,13H2;1H4. The summed E-state index contributed by atoms with van der Waals surface area (Å²) in [6, 6.07) is 18.9. The number of hydrogen-bond acceptors (Lipinski definition) is 5. The van der Waals surface area contributed by atoms with Gasteiger partial charge >= 0.3 is 6.09 Å². The van der Waals surface area contributed by atoms with Gasteiger partial charge in [-0.1, -0.05) is 62.1 Å². The summed E-state index contributed by atoms with van der Waals surface area (Å²) in [7, 11) is 0. The number of nitrogens with two attached hydrogens (primary N) is 1. The summed E-state index contributed by atoms with van der Waals surface area (Å²) in [5.74, 6) is -0.591. The van der Waals surface area contributed by atoms with Crippen LogP contribution < -0.4 is 20.9 Å². The molecule has 1 amide bonds. The summed E-state index contributed by atoms with van der Waals surface area (Å²) < 4.78 is 32.9. The number of halogens is 2. The lowest BCUT2D eigenvalue weighted by Crippen LogP contribution is -2.27. The number of anilines is 4. The zero-order valence-electron chi connectivity index (χ0n) is 21.2. The smallest absolute Gasteiger partial charge is 0.411 e. The summed E-state index contributed by atoms with van der Waals surface area (Å²) in [5, 5.41) is 2.55. The first-order chi connectivity index (χ1) is 18.5. The van der Waals surface area contributed by atoms with Gasteiger partial charge in [-0.05, 0) is 54.8 Å². The fourth-order valence-corrected chi connectivity index (χ4v) is 4.22. The van der Waals surface area contributed by atoms with Crippen LogP contribution in [-0.2, 0) is 11.3 Å². The van der Waals surface area contributed by atoms with E-state index in [1.165, 1.54) is 12.1 Å². The highest BCUT2D eigenvalue weighted by molar-refractivity contribution is 5.85. The Morgan fingerprint density at radius 2 is 1.41 bits per heavy atom. The molecule has 0 bridgehead atoms. The number of ether oxygens (including phenoxy) is 1. The first-order valence-electron chi connectivity index (χ1n) is 12.6. The molecule has 0 spiro atoms. The van der Waals surface area contributed by atoms with Gasteiger partial charge in [0, 0.05) is 37.6 Å². The van der Waals surface area contributed by atoms with E-state index in [4.69, 9.17) is 10.5 Å². The number of nitrogen functional groups attached to an aromatic ring is 1. The van der Waals surface area contributed by atoms with E-state index in [9.17, 15) is 13.6 Å². The maximum absolute atomic E-state index is 14.3. The second-order valence-corrected chi connectivity index (χ2v) is 8.98. The lowest BCUT2D eigenvalue weighted by Gasteiger charge is -2.26. The molecule has 0 saturated carbocycles. The van der Waals surface area contributed by atoms with Gasteiger partial charge in [0.2, 0.25) is 0 Å². The molecule has 0 saturated heterocycles. The van der Waals surface area contributed by atoms with Crippen LogP contribution in [0.3, 0.4) is 0 Å². The van der Waals surface area contributed by atoms with Crippen LogP contribution in [0.5, 0.6) is 0 Å². The molecule has 2 aliphatic rings. The van der Waals surface area contributed by atoms with E-state index in [1.54, 1.807) is 24.3 Å². The molecule has 5 rings (SSSR count). The molecule has 3 aromatic carbocycles. The number of hydrogen-bond donors (Lipinski definition) is 2. The van der Waals surface area contributed by atoms with E-state index in [0.29, 0.717) is 29.3 Å². The van der Waals surface area contributed by atoms with Gasteiger partial charge in [0.05, 0.1) is 11.4 Å². The molecule has 0 radical (unpaired) electrons. The largest absolute Gasteiger partial charge is 0.444 e. The van der Waals surface area contributed by atoms with Crippen LogP contribution in [0, 0.1) is 11.6 Å². The molecule has 0 aliphatic carbocycles. The van der Waals surface area contributed by atoms with Gasteiger partial charge in [-0.15, -0.1) is 0 Å². The Bertz CT molecular complexity index is 1280. The van der Waals surface area contributed by atoms with Crippen LogP contribution >= 0.6 is 0 Å². The molecule has 0 aromatic heterocycles. The van der Waals surface area contributed by atoms with Crippen LogP contribution in [0.25, 0.3) is 0 Å². The topological polar surface area (TPSA) is 70.8 Å². The van der Waals surface area contributed by atoms with Gasteiger partial charge in [0.25, 0.3) is 0 Å². The van der Waals surface area contributed by atoms with Gasteiger partial charge in [0.1, 0.15) is 18.2 Å². The van der Waals surface area contributed by atoms with Crippen molar-refractivity contribution < 1.29 is 18.3 Å². The Kier molecular flexibility index (Phi) is 10.9. The molecule has 2 heterocycles. The van der Waals surface area contributed by atoms with E-state index >= 15 is 0 Å². The molecule has 0 unspecified atom stereocenters. The van der Waals surface area contributed by atoms with Crippen molar-refractivity contribution in [2.45, 2.75) is 26.9 Å². The molecule has 3 N–H and O–H groups in total. The summed E-state index contributed by atoms with van der Waals surface area (Å²) in [6.45, 7) is 3.31. The van der Waals surface area contributed by atoms with Crippen molar-refractivity contribution in [2.24, 2.45) is 0 Å². The van der Waals surface area contributed by atoms with Crippen LogP contribution in [0.2, 0.25) is 0 Å². The minimum Gasteiger partial charge on any atom is -0.444 e. The Morgan fingerprint density at radius 3 is 1.95 bits per heavy atom. The Balaban J connectivity index is 0.000000239. The van der Waals surface area contributed by atoms with Gasteiger partial charge in [0.15, 0.2) is 0 Å². The summed E-state index contributed by atoms with van der Waals surface area (Å²) >= 11 is 0. The van der Waals surface area contributed by atoms with Crippen LogP contribution in [0.1, 0.15) is 25.8 Å². The average Bonchev–Trinajstić information content (AvgIpc) is 2.94. The number of carbonyl (C=O) groups is 1. The lowest BCUT2D eigenvalue weighted by atomic mass is 10.2. The third-order valence-corrected chi connectivity index (χ3v) is 6.18. The predicted molar refractivity (Wildman–Crippen MR) is 156 cm³/mol. The quantitative estimate of drug-likeness (QED) is 0.269. The molecule has 2 aliphatic heterocycles. The molecular weight excluding hydrogens is 498 g/mol. The number of nitrogens with zero attached hydrogens (tertiary/aromatic N) is 2. The molecule has 0 atom stereocenters. The summed E-state index contributed by atoms with van der Waals surface area (Å²) in [4.78, 5) is 15.8. The SMILES string of the molecule is C.Nc1ccc(N2CC=CCC2)c(F)c1.O=C(Nc1ccc(N2CC=CCC2)c(F)c1)OCc1ccccc1. The Morgan fingerprint density at radius 1 is 0.821 bits per heavy atom. The number of carbonyl (C=O) groups excluding carboxylic acids is 1. The van der Waals surface area contributed by atoms with Gasteiger partial charge in [-0.25, -0.2) is 13.6 Å². The highest BCUT2D eigenvalue weighted by Crippen LogP contribution is 2.25. The molecule has 3 aromatic rings. The van der Waals surface area contributed by atoms with E-state index in [-0.39, 0.29) is 25.7 Å². The highest BCUT2D eigenvalue weighted by Gasteiger charge is 2.14. The van der Waals surface area contributed by atoms with Crippen LogP contribution in [0.4, 0.5) is 36.3 Å². The number of rotatable bonds is 5. The molecule has 8 heteroatoms. The third kappa shape index (κ3) is 8.60. The highest BCUT2D eigenvalue weighted by atomic mass is 19.1. The van der Waals surface area contributed by atoms with Crippen molar-refractivity contribution in [3.63, 3.8) is 0 Å². The van der Waals surface area contributed by atoms with E-state index in [2.05, 4.69) is 23.5 Å². The zero-order chi connectivity index (χ0) is 26.7. The van der Waals surface area contributed by atoms with Crippen molar-refractivity contribution >= 4 is 28.8 Å². The maximum atomic E-state index is 14.3. The first kappa shape index (κ1) is 29.2. The molecule has 206 valence electrons. The molecule has 39 heavy (non-hydrogen) atoms. The average molecular weight is 535 g/mol. The zero-order valence-corrected chi connectivity index (χ0v) is 21.2. The van der Waals surface area contributed by atoms with Crippen molar-refractivity contribution in [1.29, 1.82) is 0 Å². The molecule has 0 fully saturated rings. The molecule has 6 nitrogen and oxygen atoms in total. The first-order valence-corrected chi connectivity index (χ1v) is 12.6. The number of benzene rings is 3. The Hall–Kier alpha value is -4.33. The van der Waals surface area contributed by atoms with Gasteiger partial charge < -0.3 is 20.3 Å². The van der Waals surface area contributed by atoms with Gasteiger partial charge in [-0.2, -0.15) is 0 Å². The fraction of sp³-hybridized carbons (Fsp3) is 0.258. The number of amides is 1. The van der Waals surface area contributed by atoms with Crippen molar-refractivity contribution in [3.8, 4) is 0 Å². The van der Waals surface area contributed by atoms with Gasteiger partial charge in [-0.3, -0.25) is 5.32 Å². The predicted octanol–water partition coefficient (Wildman–Crippen LogP) is 7.15. The fourth-order valence-electron chi connectivity index (χ4n) is 4.22. The van der Waals surface area contributed by atoms with Crippen molar-refractivity contribution in [3.05, 3.63) is 108 Å². The second-order valence-electron chi connectivity index (χ2n) is 8.98. The van der Waals surface area contributed by atoms with Crippen molar-refractivity contribution in [1.82, 2.24) is 0 Å². The normalized spacial score (nSPS) is 14.1. The van der Waals surface area contributed by atoms with Crippen molar-refractivity contribution in [2.75, 3.05) is 47.0 Å². The van der Waals surface area contributed by atoms with Crippen LogP contribution in [0.15, 0.2) is 91.0 Å². The Labute approximate surface area is 229 Å². The second kappa shape index (κ2) is 14.6. The monoisotopic (exact) mass is 534 g/mol. The minimum absolute atomic E-state index is 0. The van der Waals surface area contributed by atoms with Crippen LogP contribution in [-0.4, -0.2) is 32.3 Å². The van der Waals surface area contributed by atoms with E-state index in [1.807, 2.05) is 46.2 Å². The maximum Gasteiger partial charge on any atom is 0.411 e. The summed E-state index contributed by atoms with van der Waals surface area (Å²) in [6.07, 6.45) is 9.57.